The van der Waals surface area contributed by atoms with Crippen molar-refractivity contribution in [2.45, 2.75) is 32.9 Å². The van der Waals surface area contributed by atoms with E-state index >= 15 is 0 Å². The van der Waals surface area contributed by atoms with Crippen molar-refractivity contribution in [2.75, 3.05) is 26.3 Å². The highest BCUT2D eigenvalue weighted by atomic mass is 16.5. The van der Waals surface area contributed by atoms with Crippen molar-refractivity contribution in [1.82, 2.24) is 15.0 Å². The Morgan fingerprint density at radius 1 is 1.33 bits per heavy atom. The number of aryl methyl sites for hydroxylation is 2. The van der Waals surface area contributed by atoms with Crippen molar-refractivity contribution in [3.05, 3.63) is 40.9 Å². The Morgan fingerprint density at radius 2 is 2.22 bits per heavy atom. The summed E-state index contributed by atoms with van der Waals surface area (Å²) in [4.78, 5) is 6.59. The van der Waals surface area contributed by atoms with Crippen LogP contribution in [-0.2, 0) is 11.3 Å². The normalized spacial score (nSPS) is 24.7. The standard InChI is InChI=1S/C20H24N4O3/c1-13-17(14(2)27-23-13)9-24-10-18-16(12-26-19(18)11-24)5-6-25-20-4-3-15(7-21)8-22-20/h3-4,8,16,18-19H,5-6,9-12H2,1-2H3/t16-,18-,19-/m0/s1. The van der Waals surface area contributed by atoms with Crippen molar-refractivity contribution in [3.8, 4) is 11.9 Å². The van der Waals surface area contributed by atoms with Gasteiger partial charge in [0.1, 0.15) is 11.8 Å². The van der Waals surface area contributed by atoms with Crippen LogP contribution in [0.1, 0.15) is 29.0 Å². The topological polar surface area (TPSA) is 84.4 Å². The van der Waals surface area contributed by atoms with E-state index in [1.165, 1.54) is 11.8 Å². The van der Waals surface area contributed by atoms with Crippen molar-refractivity contribution < 1.29 is 14.0 Å². The van der Waals surface area contributed by atoms with E-state index < -0.39 is 0 Å². The molecule has 2 saturated heterocycles. The number of ether oxygens (including phenoxy) is 2. The zero-order valence-electron chi connectivity index (χ0n) is 15.7. The van der Waals surface area contributed by atoms with Crippen molar-refractivity contribution in [2.24, 2.45) is 11.8 Å². The Morgan fingerprint density at radius 3 is 2.93 bits per heavy atom. The zero-order chi connectivity index (χ0) is 18.8. The van der Waals surface area contributed by atoms with Crippen LogP contribution in [0.15, 0.2) is 22.9 Å². The zero-order valence-corrected chi connectivity index (χ0v) is 15.7. The van der Waals surface area contributed by atoms with Gasteiger partial charge < -0.3 is 14.0 Å². The molecule has 7 heteroatoms. The third kappa shape index (κ3) is 3.82. The fraction of sp³-hybridized carbons (Fsp3) is 0.550. The summed E-state index contributed by atoms with van der Waals surface area (Å²) in [5.74, 6) is 2.52. The molecule has 2 fully saturated rings. The third-order valence-electron chi connectivity index (χ3n) is 5.68. The van der Waals surface area contributed by atoms with E-state index in [1.54, 1.807) is 12.1 Å². The number of aromatic nitrogens is 2. The highest BCUT2D eigenvalue weighted by molar-refractivity contribution is 5.28. The van der Waals surface area contributed by atoms with E-state index in [1.807, 2.05) is 13.8 Å². The number of rotatable bonds is 6. The number of nitrogens with zero attached hydrogens (tertiary/aromatic N) is 4. The summed E-state index contributed by atoms with van der Waals surface area (Å²) in [6.07, 6.45) is 2.79. The number of hydrogen-bond acceptors (Lipinski definition) is 7. The summed E-state index contributed by atoms with van der Waals surface area (Å²) < 4.78 is 17.1. The smallest absolute Gasteiger partial charge is 0.213 e. The van der Waals surface area contributed by atoms with Gasteiger partial charge in [-0.15, -0.1) is 0 Å². The van der Waals surface area contributed by atoms with E-state index in [4.69, 9.17) is 19.3 Å². The molecule has 0 bridgehead atoms. The largest absolute Gasteiger partial charge is 0.478 e. The Labute approximate surface area is 158 Å². The van der Waals surface area contributed by atoms with Gasteiger partial charge in [-0.2, -0.15) is 5.26 Å². The summed E-state index contributed by atoms with van der Waals surface area (Å²) in [7, 11) is 0. The molecule has 0 unspecified atom stereocenters. The monoisotopic (exact) mass is 368 g/mol. The van der Waals surface area contributed by atoms with Gasteiger partial charge in [0.15, 0.2) is 0 Å². The van der Waals surface area contributed by atoms with Crippen LogP contribution in [0, 0.1) is 37.0 Å². The maximum absolute atomic E-state index is 8.81. The second-order valence-corrected chi connectivity index (χ2v) is 7.43. The molecule has 0 aromatic carbocycles. The fourth-order valence-corrected chi connectivity index (χ4v) is 4.10. The van der Waals surface area contributed by atoms with Crippen LogP contribution in [0.5, 0.6) is 5.88 Å². The van der Waals surface area contributed by atoms with Crippen molar-refractivity contribution in [1.29, 1.82) is 5.26 Å². The summed E-state index contributed by atoms with van der Waals surface area (Å²) in [6.45, 7) is 8.25. The molecule has 0 aliphatic carbocycles. The first-order chi connectivity index (χ1) is 13.1. The number of likely N-dealkylation sites (tertiary alicyclic amines) is 1. The molecule has 2 aromatic rings. The minimum absolute atomic E-state index is 0.309. The van der Waals surface area contributed by atoms with E-state index in [-0.39, 0.29) is 0 Å². The molecular weight excluding hydrogens is 344 g/mol. The van der Waals surface area contributed by atoms with Crippen molar-refractivity contribution >= 4 is 0 Å². The van der Waals surface area contributed by atoms with Crippen LogP contribution in [0.2, 0.25) is 0 Å². The molecule has 4 heterocycles. The summed E-state index contributed by atoms with van der Waals surface area (Å²) >= 11 is 0. The van der Waals surface area contributed by atoms with Gasteiger partial charge in [-0.1, -0.05) is 5.16 Å². The third-order valence-corrected chi connectivity index (χ3v) is 5.68. The second-order valence-electron chi connectivity index (χ2n) is 7.43. The van der Waals surface area contributed by atoms with Gasteiger partial charge in [-0.05, 0) is 32.3 Å². The summed E-state index contributed by atoms with van der Waals surface area (Å²) in [5.41, 5.74) is 2.71. The van der Waals surface area contributed by atoms with Crippen LogP contribution in [0.25, 0.3) is 0 Å². The van der Waals surface area contributed by atoms with Crippen molar-refractivity contribution in [3.63, 3.8) is 0 Å². The SMILES string of the molecule is Cc1noc(C)c1CN1C[C@H]2[C@@H](CCOc3ccc(C#N)cn3)CO[C@H]2C1. The fourth-order valence-electron chi connectivity index (χ4n) is 4.10. The predicted molar refractivity (Wildman–Crippen MR) is 97.0 cm³/mol. The van der Waals surface area contributed by atoms with Gasteiger partial charge in [-0.25, -0.2) is 4.98 Å². The minimum Gasteiger partial charge on any atom is -0.478 e. The summed E-state index contributed by atoms with van der Waals surface area (Å²) in [6, 6.07) is 5.52. The molecular formula is C20H24N4O3. The lowest BCUT2D eigenvalue weighted by Crippen LogP contribution is -2.25. The highest BCUT2D eigenvalue weighted by Crippen LogP contribution is 2.36. The minimum atomic E-state index is 0.309. The molecule has 0 spiro atoms. The second kappa shape index (κ2) is 7.67. The lowest BCUT2D eigenvalue weighted by atomic mass is 9.91. The molecule has 0 N–H and O–H groups in total. The molecule has 0 amide bonds. The number of nitriles is 1. The maximum atomic E-state index is 8.81. The molecule has 3 atom stereocenters. The molecule has 142 valence electrons. The molecule has 2 aromatic heterocycles. The van der Waals surface area contributed by atoms with Crippen LogP contribution in [0.3, 0.4) is 0 Å². The van der Waals surface area contributed by atoms with Crippen LogP contribution in [0.4, 0.5) is 0 Å². The van der Waals surface area contributed by atoms with Crippen LogP contribution >= 0.6 is 0 Å². The Balaban J connectivity index is 1.28. The molecule has 2 aliphatic heterocycles. The number of pyridine rings is 1. The molecule has 2 aliphatic rings. The van der Waals surface area contributed by atoms with Gasteiger partial charge >= 0.3 is 0 Å². The van der Waals surface area contributed by atoms with E-state index in [0.717, 1.165) is 44.1 Å². The molecule has 0 saturated carbocycles. The Hall–Kier alpha value is -2.43. The maximum Gasteiger partial charge on any atom is 0.213 e. The molecule has 7 nitrogen and oxygen atoms in total. The lowest BCUT2D eigenvalue weighted by molar-refractivity contribution is 0.0922. The molecule has 27 heavy (non-hydrogen) atoms. The van der Waals surface area contributed by atoms with E-state index in [2.05, 4.69) is 21.1 Å². The Bertz CT molecular complexity index is 807. The van der Waals surface area contributed by atoms with Crippen LogP contribution < -0.4 is 4.74 Å². The first-order valence-electron chi connectivity index (χ1n) is 9.38. The van der Waals surface area contributed by atoms with Gasteiger partial charge in [0.25, 0.3) is 0 Å². The lowest BCUT2D eigenvalue weighted by Gasteiger charge is -2.19. The van der Waals surface area contributed by atoms with E-state index in [9.17, 15) is 0 Å². The molecule has 0 radical (unpaired) electrons. The quantitative estimate of drug-likeness (QED) is 0.774. The predicted octanol–water partition coefficient (Wildman–Crippen LogP) is 2.47. The number of fused-ring (bicyclic) bond motifs is 1. The average Bonchev–Trinajstić information content (AvgIpc) is 3.34. The summed E-state index contributed by atoms with van der Waals surface area (Å²) in [5, 5.41) is 12.9. The van der Waals surface area contributed by atoms with Crippen LogP contribution in [-0.4, -0.2) is 47.4 Å². The first kappa shape index (κ1) is 18.0. The first-order valence-corrected chi connectivity index (χ1v) is 9.38. The van der Waals surface area contributed by atoms with Gasteiger partial charge in [0, 0.05) is 43.4 Å². The van der Waals surface area contributed by atoms with Gasteiger partial charge in [-0.3, -0.25) is 4.90 Å². The number of hydrogen-bond donors (Lipinski definition) is 0. The average molecular weight is 368 g/mol. The van der Waals surface area contributed by atoms with Gasteiger partial charge in [0.05, 0.1) is 30.6 Å². The molecule has 4 rings (SSSR count). The Kier molecular flexibility index (Phi) is 5.10. The highest BCUT2D eigenvalue weighted by Gasteiger charge is 2.43. The van der Waals surface area contributed by atoms with E-state index in [0.29, 0.717) is 36.0 Å². The van der Waals surface area contributed by atoms with Gasteiger partial charge in [0.2, 0.25) is 5.88 Å².